The highest BCUT2D eigenvalue weighted by Crippen LogP contribution is 2.25. The molecule has 30 heavy (non-hydrogen) atoms. The van der Waals surface area contributed by atoms with Gasteiger partial charge in [-0.1, -0.05) is 29.8 Å². The van der Waals surface area contributed by atoms with Crippen LogP contribution < -0.4 is 5.73 Å². The zero-order valence-electron chi connectivity index (χ0n) is 17.0. The summed E-state index contributed by atoms with van der Waals surface area (Å²) in [5, 5.41) is 7.18. The van der Waals surface area contributed by atoms with Gasteiger partial charge in [0.1, 0.15) is 11.5 Å². The van der Waals surface area contributed by atoms with Crippen LogP contribution in [0.4, 0.5) is 0 Å². The number of hydrogen-bond acceptors (Lipinski definition) is 5. The lowest BCUT2D eigenvalue weighted by Crippen LogP contribution is -2.32. The Hall–Kier alpha value is -2.74. The highest BCUT2D eigenvalue weighted by atomic mass is 35.5. The van der Waals surface area contributed by atoms with Crippen LogP contribution >= 0.6 is 23.8 Å². The van der Waals surface area contributed by atoms with Crippen molar-refractivity contribution in [2.75, 3.05) is 20.6 Å². The molecule has 2 N–H and O–H groups in total. The van der Waals surface area contributed by atoms with Crippen LogP contribution in [0.15, 0.2) is 70.4 Å². The molecule has 0 amide bonds. The monoisotopic (exact) mass is 441 g/mol. The smallest absolute Gasteiger partial charge is 0.187 e. The van der Waals surface area contributed by atoms with Gasteiger partial charge in [0.2, 0.25) is 0 Å². The van der Waals surface area contributed by atoms with Gasteiger partial charge in [-0.05, 0) is 62.2 Å². The number of aromatic nitrogens is 1. The molecule has 3 aromatic rings. The summed E-state index contributed by atoms with van der Waals surface area (Å²) in [4.78, 5) is 6.23. The molecular weight excluding hydrogens is 418 g/mol. The summed E-state index contributed by atoms with van der Waals surface area (Å²) in [5.41, 5.74) is 8.58. The number of nitrogens with zero attached hydrogens (tertiary/aromatic N) is 4. The molecule has 8 heteroatoms. The van der Waals surface area contributed by atoms with Gasteiger partial charge in [-0.2, -0.15) is 5.10 Å². The number of pyridine rings is 1. The molecule has 1 aromatic carbocycles. The van der Waals surface area contributed by atoms with Crippen molar-refractivity contribution in [3.8, 4) is 11.3 Å². The second-order valence-corrected chi connectivity index (χ2v) is 7.89. The summed E-state index contributed by atoms with van der Waals surface area (Å²) in [6.45, 7) is 1.22. The lowest BCUT2D eigenvalue weighted by Gasteiger charge is -2.19. The van der Waals surface area contributed by atoms with E-state index in [0.717, 1.165) is 29.1 Å². The van der Waals surface area contributed by atoms with E-state index < -0.39 is 0 Å². The molecule has 0 atom stereocenters. The standard InChI is InChI=1S/C22H24ClN5OS/c1-27(2)12-10-19(26-28(22(24)30)15-16-5-4-11-25-14-16)21-9-8-20(29-21)17-6-3-7-18(23)13-17/h3-9,11,13-14H,10,12,15H2,1-2H3,(H2,24,30)/b26-19+. The third-order valence-electron chi connectivity index (χ3n) is 4.35. The fourth-order valence-corrected chi connectivity index (χ4v) is 3.11. The Kier molecular flexibility index (Phi) is 7.57. The molecule has 156 valence electrons. The Morgan fingerprint density at radius 2 is 2.03 bits per heavy atom. The minimum absolute atomic E-state index is 0.183. The number of rotatable bonds is 8. The molecule has 0 aliphatic carbocycles. The van der Waals surface area contributed by atoms with Crippen molar-refractivity contribution in [1.29, 1.82) is 0 Å². The highest BCUT2D eigenvalue weighted by molar-refractivity contribution is 7.80. The number of hydrogen-bond donors (Lipinski definition) is 1. The molecule has 3 rings (SSSR count). The van der Waals surface area contributed by atoms with Crippen molar-refractivity contribution in [1.82, 2.24) is 14.9 Å². The normalized spacial score (nSPS) is 11.7. The average Bonchev–Trinajstić information content (AvgIpc) is 3.21. The summed E-state index contributed by atoms with van der Waals surface area (Å²) >= 11 is 11.4. The first-order valence-electron chi connectivity index (χ1n) is 9.46. The Balaban J connectivity index is 1.92. The molecule has 0 aliphatic heterocycles. The van der Waals surface area contributed by atoms with Gasteiger partial charge in [0, 0.05) is 35.9 Å². The number of thiocarbonyl (C=S) groups is 1. The fourth-order valence-electron chi connectivity index (χ4n) is 2.81. The van der Waals surface area contributed by atoms with Crippen molar-refractivity contribution in [2.24, 2.45) is 10.8 Å². The van der Waals surface area contributed by atoms with Crippen LogP contribution in [0.25, 0.3) is 11.3 Å². The van der Waals surface area contributed by atoms with Gasteiger partial charge in [0.25, 0.3) is 0 Å². The topological polar surface area (TPSA) is 70.9 Å². The van der Waals surface area contributed by atoms with Gasteiger partial charge in [0.05, 0.1) is 6.54 Å². The second-order valence-electron chi connectivity index (χ2n) is 7.03. The van der Waals surface area contributed by atoms with Gasteiger partial charge < -0.3 is 15.1 Å². The number of furan rings is 1. The quantitative estimate of drug-likeness (QED) is 0.317. The van der Waals surface area contributed by atoms with Crippen molar-refractivity contribution < 1.29 is 4.42 Å². The number of halogens is 1. The fraction of sp³-hybridized carbons (Fsp3) is 0.227. The van der Waals surface area contributed by atoms with Crippen molar-refractivity contribution >= 4 is 34.6 Å². The molecule has 0 unspecified atom stereocenters. The minimum Gasteiger partial charge on any atom is -0.455 e. The molecule has 0 spiro atoms. The van der Waals surface area contributed by atoms with Crippen LogP contribution in [0, 0.1) is 0 Å². The van der Waals surface area contributed by atoms with E-state index in [1.807, 2.05) is 62.6 Å². The van der Waals surface area contributed by atoms with E-state index in [1.54, 1.807) is 17.4 Å². The number of hydrazone groups is 1. The van der Waals surface area contributed by atoms with E-state index in [4.69, 9.17) is 39.1 Å². The molecule has 0 aliphatic rings. The molecule has 0 saturated heterocycles. The molecule has 2 heterocycles. The Morgan fingerprint density at radius 3 is 2.70 bits per heavy atom. The van der Waals surface area contributed by atoms with Crippen LogP contribution in [-0.4, -0.2) is 46.4 Å². The first-order chi connectivity index (χ1) is 14.4. The minimum atomic E-state index is 0.183. The SMILES string of the molecule is CN(C)CC/C(=N\N(Cc1cccnc1)C(N)=S)c1ccc(-c2cccc(Cl)c2)o1. The molecule has 0 saturated carbocycles. The van der Waals surface area contributed by atoms with Crippen molar-refractivity contribution in [2.45, 2.75) is 13.0 Å². The van der Waals surface area contributed by atoms with Gasteiger partial charge in [-0.15, -0.1) is 0 Å². The largest absolute Gasteiger partial charge is 0.455 e. The summed E-state index contributed by atoms with van der Waals surface area (Å²) in [6.07, 6.45) is 4.16. The predicted octanol–water partition coefficient (Wildman–Crippen LogP) is 4.40. The van der Waals surface area contributed by atoms with E-state index >= 15 is 0 Å². The van der Waals surface area contributed by atoms with Crippen LogP contribution in [0.1, 0.15) is 17.7 Å². The summed E-state index contributed by atoms with van der Waals surface area (Å²) in [6, 6.07) is 15.2. The maximum absolute atomic E-state index is 6.12. The van der Waals surface area contributed by atoms with Gasteiger partial charge in [-0.25, -0.2) is 5.01 Å². The molecule has 0 fully saturated rings. The maximum atomic E-state index is 6.12. The van der Waals surface area contributed by atoms with E-state index in [0.29, 0.717) is 23.7 Å². The second kappa shape index (κ2) is 10.3. The van der Waals surface area contributed by atoms with Gasteiger partial charge in [-0.3, -0.25) is 4.98 Å². The van der Waals surface area contributed by atoms with Crippen LogP contribution in [0.2, 0.25) is 5.02 Å². The zero-order chi connectivity index (χ0) is 21.5. The molecule has 2 aromatic heterocycles. The van der Waals surface area contributed by atoms with E-state index in [1.165, 1.54) is 0 Å². The van der Waals surface area contributed by atoms with E-state index in [9.17, 15) is 0 Å². The van der Waals surface area contributed by atoms with E-state index in [2.05, 4.69) is 9.88 Å². The maximum Gasteiger partial charge on any atom is 0.187 e. The zero-order valence-corrected chi connectivity index (χ0v) is 18.5. The summed E-state index contributed by atoms with van der Waals surface area (Å²) < 4.78 is 6.12. The lowest BCUT2D eigenvalue weighted by molar-refractivity contribution is 0.411. The lowest BCUT2D eigenvalue weighted by atomic mass is 10.2. The Labute approximate surface area is 187 Å². The summed E-state index contributed by atoms with van der Waals surface area (Å²) in [5.74, 6) is 1.39. The van der Waals surface area contributed by atoms with Crippen LogP contribution in [-0.2, 0) is 6.54 Å². The molecular formula is C22H24ClN5OS. The molecule has 6 nitrogen and oxygen atoms in total. The van der Waals surface area contributed by atoms with Crippen molar-refractivity contribution in [3.05, 3.63) is 77.3 Å². The molecule has 0 bridgehead atoms. The van der Waals surface area contributed by atoms with Gasteiger partial charge in [0.15, 0.2) is 10.9 Å². The molecule has 0 radical (unpaired) electrons. The van der Waals surface area contributed by atoms with Crippen molar-refractivity contribution in [3.63, 3.8) is 0 Å². The summed E-state index contributed by atoms with van der Waals surface area (Å²) in [7, 11) is 4.02. The first-order valence-corrected chi connectivity index (χ1v) is 10.2. The number of nitrogens with two attached hydrogens (primary N) is 1. The van der Waals surface area contributed by atoms with Crippen LogP contribution in [0.3, 0.4) is 0 Å². The average molecular weight is 442 g/mol. The number of benzene rings is 1. The Bertz CT molecular complexity index is 1020. The predicted molar refractivity (Wildman–Crippen MR) is 125 cm³/mol. The highest BCUT2D eigenvalue weighted by Gasteiger charge is 2.15. The third kappa shape index (κ3) is 6.13. The van der Waals surface area contributed by atoms with E-state index in [-0.39, 0.29) is 5.11 Å². The first kappa shape index (κ1) is 22.0. The third-order valence-corrected chi connectivity index (χ3v) is 4.79. The van der Waals surface area contributed by atoms with Crippen LogP contribution in [0.5, 0.6) is 0 Å². The van der Waals surface area contributed by atoms with Gasteiger partial charge >= 0.3 is 0 Å². The Morgan fingerprint density at radius 1 is 1.20 bits per heavy atom.